The molecule has 3 aromatic rings. The first kappa shape index (κ1) is 15.5. The highest BCUT2D eigenvalue weighted by Gasteiger charge is 2.14. The van der Waals surface area contributed by atoms with Crippen LogP contribution in [0, 0.1) is 0 Å². The van der Waals surface area contributed by atoms with Gasteiger partial charge in [0.05, 0.1) is 6.54 Å². The summed E-state index contributed by atoms with van der Waals surface area (Å²) in [5, 5.41) is 1.11. The highest BCUT2D eigenvalue weighted by atomic mass is 35.5. The molecule has 1 amide bonds. The van der Waals surface area contributed by atoms with E-state index in [0.717, 1.165) is 5.56 Å². The maximum absolute atomic E-state index is 12.1. The first-order chi connectivity index (χ1) is 11.0. The number of primary amides is 1. The Morgan fingerprint density at radius 1 is 1.17 bits per heavy atom. The van der Waals surface area contributed by atoms with Gasteiger partial charge in [0.15, 0.2) is 0 Å². The zero-order chi connectivity index (χ0) is 16.4. The standard InChI is InChI=1S/C16H12ClN3O2S/c17-11-7-5-10(6-8-11)9-20-16(22)19-15(23-20)13-4-2-1-3-12(13)14(18)21/h1-8H,9H2,(H2,18,21). The largest absolute Gasteiger partial charge is 0.366 e. The molecule has 0 aliphatic heterocycles. The van der Waals surface area contributed by atoms with E-state index in [-0.39, 0.29) is 5.69 Å². The van der Waals surface area contributed by atoms with Crippen LogP contribution >= 0.6 is 23.1 Å². The topological polar surface area (TPSA) is 78.0 Å². The van der Waals surface area contributed by atoms with E-state index in [2.05, 4.69) is 4.98 Å². The molecule has 1 aromatic heterocycles. The fraction of sp³-hybridized carbons (Fsp3) is 0.0625. The highest BCUT2D eigenvalue weighted by molar-refractivity contribution is 7.09. The molecular weight excluding hydrogens is 334 g/mol. The van der Waals surface area contributed by atoms with Crippen LogP contribution in [0.3, 0.4) is 0 Å². The van der Waals surface area contributed by atoms with E-state index < -0.39 is 5.91 Å². The zero-order valence-electron chi connectivity index (χ0n) is 11.9. The quantitative estimate of drug-likeness (QED) is 0.789. The molecule has 7 heteroatoms. The third kappa shape index (κ3) is 3.33. The molecular formula is C16H12ClN3O2S. The molecule has 116 valence electrons. The summed E-state index contributed by atoms with van der Waals surface area (Å²) in [6.45, 7) is 0.395. The minimum Gasteiger partial charge on any atom is -0.366 e. The number of aromatic nitrogens is 2. The second kappa shape index (κ2) is 6.36. The lowest BCUT2D eigenvalue weighted by atomic mass is 10.1. The van der Waals surface area contributed by atoms with Crippen LogP contribution in [0.1, 0.15) is 15.9 Å². The van der Waals surface area contributed by atoms with Crippen molar-refractivity contribution in [3.8, 4) is 10.6 Å². The Kier molecular flexibility index (Phi) is 4.27. The summed E-state index contributed by atoms with van der Waals surface area (Å²) >= 11 is 7.05. The molecule has 0 saturated heterocycles. The molecule has 0 aliphatic rings. The van der Waals surface area contributed by atoms with Crippen molar-refractivity contribution in [3.05, 3.63) is 75.2 Å². The second-order valence-electron chi connectivity index (χ2n) is 4.86. The number of amides is 1. The lowest BCUT2D eigenvalue weighted by Gasteiger charge is -2.02. The van der Waals surface area contributed by atoms with Crippen LogP contribution in [0.4, 0.5) is 0 Å². The van der Waals surface area contributed by atoms with Gasteiger partial charge in [0.25, 0.3) is 0 Å². The molecule has 0 fully saturated rings. The van der Waals surface area contributed by atoms with Crippen molar-refractivity contribution in [3.63, 3.8) is 0 Å². The molecule has 2 aromatic carbocycles. The van der Waals surface area contributed by atoms with Gasteiger partial charge in [-0.2, -0.15) is 4.98 Å². The maximum Gasteiger partial charge on any atom is 0.358 e. The van der Waals surface area contributed by atoms with Crippen LogP contribution in [0.15, 0.2) is 53.3 Å². The minimum absolute atomic E-state index is 0.347. The molecule has 0 saturated carbocycles. The van der Waals surface area contributed by atoms with Crippen molar-refractivity contribution >= 4 is 29.0 Å². The van der Waals surface area contributed by atoms with Gasteiger partial charge in [-0.1, -0.05) is 41.9 Å². The molecule has 0 radical (unpaired) electrons. The first-order valence-corrected chi connectivity index (χ1v) is 7.91. The van der Waals surface area contributed by atoms with Gasteiger partial charge in [-0.25, -0.2) is 8.75 Å². The Hall–Kier alpha value is -2.44. The first-order valence-electron chi connectivity index (χ1n) is 6.76. The third-order valence-corrected chi connectivity index (χ3v) is 4.51. The van der Waals surface area contributed by atoms with E-state index in [1.807, 2.05) is 12.1 Å². The number of rotatable bonds is 4. The molecule has 0 spiro atoms. The van der Waals surface area contributed by atoms with Crippen molar-refractivity contribution in [2.45, 2.75) is 6.54 Å². The number of benzene rings is 2. The van der Waals surface area contributed by atoms with Gasteiger partial charge in [0, 0.05) is 16.1 Å². The van der Waals surface area contributed by atoms with E-state index in [4.69, 9.17) is 17.3 Å². The van der Waals surface area contributed by atoms with E-state index in [9.17, 15) is 9.59 Å². The molecule has 5 nitrogen and oxygen atoms in total. The van der Waals surface area contributed by atoms with Crippen LogP contribution in [-0.2, 0) is 6.54 Å². The average molecular weight is 346 g/mol. The minimum atomic E-state index is -0.549. The number of hydrogen-bond donors (Lipinski definition) is 1. The Bertz CT molecular complexity index is 916. The lowest BCUT2D eigenvalue weighted by molar-refractivity contribution is 0.100. The van der Waals surface area contributed by atoms with Crippen LogP contribution in [0.5, 0.6) is 0 Å². The van der Waals surface area contributed by atoms with Gasteiger partial charge in [-0.3, -0.25) is 4.79 Å². The molecule has 0 aliphatic carbocycles. The number of nitrogens with two attached hydrogens (primary N) is 1. The number of hydrogen-bond acceptors (Lipinski definition) is 4. The smallest absolute Gasteiger partial charge is 0.358 e. The van der Waals surface area contributed by atoms with Gasteiger partial charge in [0.2, 0.25) is 5.91 Å². The van der Waals surface area contributed by atoms with Crippen molar-refractivity contribution in [1.82, 2.24) is 8.94 Å². The monoisotopic (exact) mass is 345 g/mol. The van der Waals surface area contributed by atoms with Gasteiger partial charge in [-0.05, 0) is 35.3 Å². The Morgan fingerprint density at radius 3 is 2.57 bits per heavy atom. The number of nitrogens with zero attached hydrogens (tertiary/aromatic N) is 2. The van der Waals surface area contributed by atoms with Crippen LogP contribution in [-0.4, -0.2) is 14.8 Å². The molecule has 3 rings (SSSR count). The van der Waals surface area contributed by atoms with Crippen LogP contribution in [0.2, 0.25) is 5.02 Å². The molecule has 1 heterocycles. The molecule has 0 unspecified atom stereocenters. The summed E-state index contributed by atoms with van der Waals surface area (Å²) in [5.41, 5.74) is 6.87. The fourth-order valence-corrected chi connectivity index (χ4v) is 3.22. The van der Waals surface area contributed by atoms with E-state index >= 15 is 0 Å². The Labute approximate surface area is 141 Å². The van der Waals surface area contributed by atoms with E-state index in [1.54, 1.807) is 36.4 Å². The maximum atomic E-state index is 12.1. The molecule has 0 atom stereocenters. The van der Waals surface area contributed by atoms with Gasteiger partial charge < -0.3 is 5.73 Å². The normalized spacial score (nSPS) is 10.7. The molecule has 2 N–H and O–H groups in total. The molecule has 0 bridgehead atoms. The van der Waals surface area contributed by atoms with E-state index in [0.29, 0.717) is 27.7 Å². The van der Waals surface area contributed by atoms with E-state index in [1.165, 1.54) is 15.5 Å². The van der Waals surface area contributed by atoms with Gasteiger partial charge >= 0.3 is 5.69 Å². The summed E-state index contributed by atoms with van der Waals surface area (Å²) < 4.78 is 1.52. The van der Waals surface area contributed by atoms with Crippen molar-refractivity contribution in [2.24, 2.45) is 5.73 Å². The Morgan fingerprint density at radius 2 is 1.87 bits per heavy atom. The number of halogens is 1. The third-order valence-electron chi connectivity index (χ3n) is 3.27. The highest BCUT2D eigenvalue weighted by Crippen LogP contribution is 2.24. The molecule has 23 heavy (non-hydrogen) atoms. The number of carbonyl (C=O) groups excluding carboxylic acids is 1. The summed E-state index contributed by atoms with van der Waals surface area (Å²) in [7, 11) is 0. The number of carbonyl (C=O) groups is 1. The van der Waals surface area contributed by atoms with Gasteiger partial charge in [0.1, 0.15) is 5.01 Å². The summed E-state index contributed by atoms with van der Waals surface area (Å²) in [6.07, 6.45) is 0. The predicted molar refractivity (Wildman–Crippen MR) is 90.9 cm³/mol. The second-order valence-corrected chi connectivity index (χ2v) is 6.31. The van der Waals surface area contributed by atoms with Crippen LogP contribution in [0.25, 0.3) is 10.6 Å². The summed E-state index contributed by atoms with van der Waals surface area (Å²) in [4.78, 5) is 27.6. The van der Waals surface area contributed by atoms with Crippen LogP contribution < -0.4 is 11.4 Å². The van der Waals surface area contributed by atoms with Crippen molar-refractivity contribution in [2.75, 3.05) is 0 Å². The SMILES string of the molecule is NC(=O)c1ccccc1-c1nc(=O)n(Cc2ccc(Cl)cc2)s1. The Balaban J connectivity index is 1.97. The van der Waals surface area contributed by atoms with Gasteiger partial charge in [-0.15, -0.1) is 0 Å². The summed E-state index contributed by atoms with van der Waals surface area (Å²) in [5.74, 6) is -0.549. The average Bonchev–Trinajstić information content (AvgIpc) is 2.90. The van der Waals surface area contributed by atoms with Crippen molar-refractivity contribution < 1.29 is 4.79 Å². The lowest BCUT2D eigenvalue weighted by Crippen LogP contribution is -2.15. The predicted octanol–water partition coefficient (Wildman–Crippen LogP) is 2.77. The van der Waals surface area contributed by atoms with Crippen molar-refractivity contribution in [1.29, 1.82) is 0 Å². The fourth-order valence-electron chi connectivity index (χ4n) is 2.16. The zero-order valence-corrected chi connectivity index (χ0v) is 13.5. The summed E-state index contributed by atoms with van der Waals surface area (Å²) in [6, 6.07) is 14.1.